The van der Waals surface area contributed by atoms with Gasteiger partial charge in [-0.25, -0.2) is 0 Å². The lowest BCUT2D eigenvalue weighted by molar-refractivity contribution is -0.137. The summed E-state index contributed by atoms with van der Waals surface area (Å²) in [6.07, 6.45) is 1.39. The molecule has 1 aromatic carbocycles. The smallest absolute Gasteiger partial charge is 0.303 e. The molecule has 0 aliphatic heterocycles. The summed E-state index contributed by atoms with van der Waals surface area (Å²) in [5.74, 6) is -0.876. The number of benzene rings is 1. The number of carboxylic acid groups (broad SMARTS) is 1. The average Bonchev–Trinajstić information content (AvgIpc) is 2.54. The fraction of sp³-hybridized carbons (Fsp3) is 0.500. The third-order valence-electron chi connectivity index (χ3n) is 2.37. The molecular weight excluding hydrogens is 270 g/mol. The molecule has 0 aromatic heterocycles. The van der Waals surface area contributed by atoms with Crippen LogP contribution in [-0.4, -0.2) is 35.7 Å². The van der Waals surface area contributed by atoms with E-state index in [9.17, 15) is 9.59 Å². The van der Waals surface area contributed by atoms with Crippen molar-refractivity contribution in [1.29, 1.82) is 0 Å². The summed E-state index contributed by atoms with van der Waals surface area (Å²) in [5, 5.41) is 18.6. The first kappa shape index (κ1) is 21.4. The predicted molar refractivity (Wildman–Crippen MR) is 84.5 cm³/mol. The van der Waals surface area contributed by atoms with Crippen LogP contribution in [0.5, 0.6) is 0 Å². The van der Waals surface area contributed by atoms with E-state index in [1.54, 1.807) is 7.05 Å². The Labute approximate surface area is 127 Å². The van der Waals surface area contributed by atoms with Crippen LogP contribution in [-0.2, 0) is 11.2 Å². The van der Waals surface area contributed by atoms with Gasteiger partial charge in [-0.1, -0.05) is 32.9 Å². The van der Waals surface area contributed by atoms with Crippen molar-refractivity contribution >= 4 is 11.9 Å². The van der Waals surface area contributed by atoms with Crippen molar-refractivity contribution in [3.63, 3.8) is 0 Å². The van der Waals surface area contributed by atoms with Crippen LogP contribution < -0.4 is 5.32 Å². The highest BCUT2D eigenvalue weighted by Gasteiger charge is 2.01. The zero-order valence-corrected chi connectivity index (χ0v) is 13.3. The molecule has 5 nitrogen and oxygen atoms in total. The number of aliphatic carboxylic acids is 1. The zero-order chi connectivity index (χ0) is 16.7. The van der Waals surface area contributed by atoms with Gasteiger partial charge in [-0.15, -0.1) is 0 Å². The summed E-state index contributed by atoms with van der Waals surface area (Å²) in [6, 6.07) is 7.66. The molecule has 1 amide bonds. The van der Waals surface area contributed by atoms with Gasteiger partial charge < -0.3 is 15.5 Å². The normalized spacial score (nSPS) is 8.62. The highest BCUT2D eigenvalue weighted by molar-refractivity contribution is 5.94. The van der Waals surface area contributed by atoms with E-state index in [1.165, 1.54) is 5.56 Å². The van der Waals surface area contributed by atoms with E-state index < -0.39 is 5.97 Å². The molecule has 0 fully saturated rings. The van der Waals surface area contributed by atoms with Crippen LogP contribution in [0, 0.1) is 0 Å². The molecule has 3 N–H and O–H groups in total. The van der Waals surface area contributed by atoms with Crippen molar-refractivity contribution in [2.45, 2.75) is 40.0 Å². The van der Waals surface area contributed by atoms with E-state index in [2.05, 4.69) is 12.2 Å². The Hall–Kier alpha value is -1.88. The van der Waals surface area contributed by atoms with Crippen LogP contribution in [0.2, 0.25) is 0 Å². The minimum Gasteiger partial charge on any atom is -0.481 e. The molecule has 0 radical (unpaired) electrons. The van der Waals surface area contributed by atoms with Gasteiger partial charge in [-0.2, -0.15) is 0 Å². The maximum absolute atomic E-state index is 11.2. The molecular formula is C16H27NO4. The number of carbonyl (C=O) groups is 2. The maximum Gasteiger partial charge on any atom is 0.303 e. The summed E-state index contributed by atoms with van der Waals surface area (Å²) in [7, 11) is 1.64. The standard InChI is InChI=1S/C10H13NO.C4H8O3.C2H6/c1-3-8-5-4-6-9(7-8)10(12)11-2;5-3-1-2-4(6)7;1-2/h4-7H,3H2,1-2H3,(H,11,12);5H,1-3H2,(H,6,7);1-2H3. The van der Waals surface area contributed by atoms with Crippen molar-refractivity contribution in [3.8, 4) is 0 Å². The van der Waals surface area contributed by atoms with Crippen molar-refractivity contribution in [2.24, 2.45) is 0 Å². The van der Waals surface area contributed by atoms with Crippen LogP contribution >= 0.6 is 0 Å². The number of aryl methyl sites for hydroxylation is 1. The van der Waals surface area contributed by atoms with Crippen molar-refractivity contribution < 1.29 is 19.8 Å². The second kappa shape index (κ2) is 14.5. The fourth-order valence-corrected chi connectivity index (χ4v) is 1.31. The highest BCUT2D eigenvalue weighted by atomic mass is 16.4. The molecule has 0 bridgehead atoms. The lowest BCUT2D eigenvalue weighted by atomic mass is 10.1. The number of aliphatic hydroxyl groups is 1. The van der Waals surface area contributed by atoms with Gasteiger partial charge in [0.1, 0.15) is 0 Å². The monoisotopic (exact) mass is 297 g/mol. The molecule has 0 saturated heterocycles. The lowest BCUT2D eigenvalue weighted by Gasteiger charge is -2.01. The first-order chi connectivity index (χ1) is 10.0. The molecule has 5 heteroatoms. The molecule has 0 aliphatic carbocycles. The van der Waals surface area contributed by atoms with Crippen molar-refractivity contribution in [3.05, 3.63) is 35.4 Å². The number of hydrogen-bond acceptors (Lipinski definition) is 3. The molecule has 1 rings (SSSR count). The van der Waals surface area contributed by atoms with Gasteiger partial charge in [0, 0.05) is 25.6 Å². The van der Waals surface area contributed by atoms with Gasteiger partial charge >= 0.3 is 5.97 Å². The Balaban J connectivity index is 0. The van der Waals surface area contributed by atoms with Gasteiger partial charge in [0.05, 0.1) is 0 Å². The molecule has 0 spiro atoms. The molecule has 0 atom stereocenters. The number of rotatable bonds is 5. The molecule has 0 heterocycles. The van der Waals surface area contributed by atoms with Crippen LogP contribution in [0.4, 0.5) is 0 Å². The number of carbonyl (C=O) groups excluding carboxylic acids is 1. The molecule has 120 valence electrons. The third-order valence-corrected chi connectivity index (χ3v) is 2.37. The van der Waals surface area contributed by atoms with Gasteiger partial charge in [-0.05, 0) is 30.5 Å². The van der Waals surface area contributed by atoms with Crippen LogP contribution in [0.15, 0.2) is 24.3 Å². The van der Waals surface area contributed by atoms with Crippen molar-refractivity contribution in [1.82, 2.24) is 5.32 Å². The van der Waals surface area contributed by atoms with E-state index in [0.29, 0.717) is 6.42 Å². The minimum atomic E-state index is -0.853. The Morgan fingerprint density at radius 3 is 2.24 bits per heavy atom. The minimum absolute atomic E-state index is 0.0229. The lowest BCUT2D eigenvalue weighted by Crippen LogP contribution is -2.17. The quantitative estimate of drug-likeness (QED) is 0.779. The number of nitrogens with one attached hydrogen (secondary N) is 1. The summed E-state index contributed by atoms with van der Waals surface area (Å²) >= 11 is 0. The topological polar surface area (TPSA) is 86.6 Å². The summed E-state index contributed by atoms with van der Waals surface area (Å²) < 4.78 is 0. The third kappa shape index (κ3) is 11.6. The number of amides is 1. The number of aliphatic hydroxyl groups excluding tert-OH is 1. The fourth-order valence-electron chi connectivity index (χ4n) is 1.31. The van der Waals surface area contributed by atoms with E-state index in [1.807, 2.05) is 38.1 Å². The Bertz CT molecular complexity index is 405. The van der Waals surface area contributed by atoms with Crippen LogP contribution in [0.3, 0.4) is 0 Å². The molecule has 21 heavy (non-hydrogen) atoms. The molecule has 0 unspecified atom stereocenters. The second-order valence-corrected chi connectivity index (χ2v) is 3.85. The van der Waals surface area contributed by atoms with Crippen LogP contribution in [0.25, 0.3) is 0 Å². The predicted octanol–water partition coefficient (Wildman–Crippen LogP) is 2.48. The molecule has 0 saturated carbocycles. The highest BCUT2D eigenvalue weighted by Crippen LogP contribution is 2.05. The number of hydrogen-bond donors (Lipinski definition) is 3. The van der Waals surface area contributed by atoms with E-state index >= 15 is 0 Å². The van der Waals surface area contributed by atoms with Gasteiger partial charge in [0.25, 0.3) is 5.91 Å². The summed E-state index contributed by atoms with van der Waals surface area (Å²) in [6.45, 7) is 6.04. The zero-order valence-electron chi connectivity index (χ0n) is 13.3. The van der Waals surface area contributed by atoms with E-state index in [-0.39, 0.29) is 18.9 Å². The first-order valence-corrected chi connectivity index (χ1v) is 7.18. The summed E-state index contributed by atoms with van der Waals surface area (Å²) in [4.78, 5) is 20.8. The molecule has 1 aromatic rings. The summed E-state index contributed by atoms with van der Waals surface area (Å²) in [5.41, 5.74) is 1.92. The molecule has 0 aliphatic rings. The van der Waals surface area contributed by atoms with Crippen molar-refractivity contribution in [2.75, 3.05) is 13.7 Å². The van der Waals surface area contributed by atoms with Crippen LogP contribution in [0.1, 0.15) is 49.5 Å². The Morgan fingerprint density at radius 1 is 1.24 bits per heavy atom. The second-order valence-electron chi connectivity index (χ2n) is 3.85. The Morgan fingerprint density at radius 2 is 1.86 bits per heavy atom. The largest absolute Gasteiger partial charge is 0.481 e. The SMILES string of the molecule is CC.CCc1cccc(C(=O)NC)c1.O=C(O)CCCO. The Kier molecular flexibility index (Phi) is 14.8. The van der Waals surface area contributed by atoms with Gasteiger partial charge in [-0.3, -0.25) is 9.59 Å². The first-order valence-electron chi connectivity index (χ1n) is 7.18. The maximum atomic E-state index is 11.2. The number of carboxylic acids is 1. The van der Waals surface area contributed by atoms with E-state index in [0.717, 1.165) is 12.0 Å². The van der Waals surface area contributed by atoms with Gasteiger partial charge in [0.15, 0.2) is 0 Å². The van der Waals surface area contributed by atoms with Gasteiger partial charge in [0.2, 0.25) is 0 Å². The van der Waals surface area contributed by atoms with E-state index in [4.69, 9.17) is 10.2 Å². The average molecular weight is 297 g/mol.